The summed E-state index contributed by atoms with van der Waals surface area (Å²) in [4.78, 5) is 0. The normalized spacial score (nSPS) is 54.1. The molecule has 1 spiro atoms. The molecule has 6 rings (SSSR count). The van der Waals surface area contributed by atoms with Crippen molar-refractivity contribution < 1.29 is 9.47 Å². The number of hydrogen-bond donors (Lipinski definition) is 3. The predicted molar refractivity (Wildman–Crippen MR) is 73.8 cm³/mol. The molecule has 0 amide bonds. The lowest BCUT2D eigenvalue weighted by molar-refractivity contribution is -0.238. The van der Waals surface area contributed by atoms with E-state index in [-0.39, 0.29) is 5.79 Å². The molecule has 0 aromatic carbocycles. The minimum absolute atomic E-state index is 0.272. The summed E-state index contributed by atoms with van der Waals surface area (Å²) in [6, 6.07) is 0. The number of hydrazine groups is 1. The molecular formula is C14H17N3O2S. The fourth-order valence-corrected chi connectivity index (χ4v) is 6.97. The first-order valence-electron chi connectivity index (χ1n) is 7.57. The number of ether oxygens (including phenoxy) is 2. The van der Waals surface area contributed by atoms with Gasteiger partial charge in [-0.2, -0.15) is 0 Å². The molecule has 4 saturated carbocycles. The quantitative estimate of drug-likeness (QED) is 0.495. The molecule has 1 aliphatic heterocycles. The van der Waals surface area contributed by atoms with Gasteiger partial charge in [-0.15, -0.1) is 0 Å². The summed E-state index contributed by atoms with van der Waals surface area (Å²) in [5, 5.41) is 0.305. The highest BCUT2D eigenvalue weighted by atomic mass is 32.1. The highest BCUT2D eigenvalue weighted by Crippen LogP contribution is 2.85. The molecule has 6 heteroatoms. The number of fused-ring (bicyclic) bond motifs is 4. The molecule has 5 fully saturated rings. The molecule has 0 radical (unpaired) electrons. The average molecular weight is 291 g/mol. The van der Waals surface area contributed by atoms with Gasteiger partial charge in [-0.1, -0.05) is 0 Å². The number of hydrogen-bond acceptors (Lipinski definition) is 4. The van der Waals surface area contributed by atoms with Crippen molar-refractivity contribution >= 4 is 17.3 Å². The Labute approximate surface area is 122 Å². The Hall–Kier alpha value is -0.850. The van der Waals surface area contributed by atoms with Crippen molar-refractivity contribution in [1.29, 1.82) is 0 Å². The van der Waals surface area contributed by atoms with Crippen LogP contribution >= 0.6 is 12.2 Å². The fourth-order valence-electron chi connectivity index (χ4n) is 6.92. The topological polar surface area (TPSA) is 68.5 Å². The van der Waals surface area contributed by atoms with Crippen molar-refractivity contribution in [2.24, 2.45) is 47.2 Å². The van der Waals surface area contributed by atoms with Gasteiger partial charge in [-0.05, 0) is 47.9 Å². The second-order valence-electron chi connectivity index (χ2n) is 7.09. The van der Waals surface area contributed by atoms with Gasteiger partial charge in [0, 0.05) is 23.5 Å². The largest absolute Gasteiger partial charge is 0.375 e. The van der Waals surface area contributed by atoms with Gasteiger partial charge in [0.1, 0.15) is 0 Å². The van der Waals surface area contributed by atoms with E-state index < -0.39 is 0 Å². The minimum atomic E-state index is -0.272. The van der Waals surface area contributed by atoms with Crippen LogP contribution in [-0.4, -0.2) is 24.1 Å². The molecule has 1 heterocycles. The maximum absolute atomic E-state index is 6.18. The molecule has 1 saturated heterocycles. The second kappa shape index (κ2) is 3.00. The summed E-state index contributed by atoms with van der Waals surface area (Å²) in [7, 11) is 0. The van der Waals surface area contributed by atoms with Crippen molar-refractivity contribution in [3.63, 3.8) is 0 Å². The second-order valence-corrected chi connectivity index (χ2v) is 7.53. The number of allylic oxidation sites excluding steroid dienone is 1. The van der Waals surface area contributed by atoms with Gasteiger partial charge >= 0.3 is 0 Å². The zero-order valence-electron chi connectivity index (χ0n) is 11.0. The monoisotopic (exact) mass is 291 g/mol. The summed E-state index contributed by atoms with van der Waals surface area (Å²) in [6.45, 7) is 1.52. The van der Waals surface area contributed by atoms with Gasteiger partial charge in [-0.3, -0.25) is 5.43 Å². The average Bonchev–Trinajstić information content (AvgIpc) is 3.04. The molecule has 0 aromatic heterocycles. The van der Waals surface area contributed by atoms with Crippen LogP contribution in [0.1, 0.15) is 6.42 Å². The van der Waals surface area contributed by atoms with E-state index in [0.717, 1.165) is 36.9 Å². The Bertz CT molecular complexity index is 585. The van der Waals surface area contributed by atoms with E-state index in [1.165, 1.54) is 12.1 Å². The van der Waals surface area contributed by atoms with Crippen LogP contribution in [0.2, 0.25) is 0 Å². The smallest absolute Gasteiger partial charge is 0.182 e. The molecule has 7 atom stereocenters. The van der Waals surface area contributed by atoms with Crippen molar-refractivity contribution in [1.82, 2.24) is 10.9 Å². The maximum Gasteiger partial charge on any atom is 0.182 e. The predicted octanol–water partition coefficient (Wildman–Crippen LogP) is 0.0929. The number of nitrogens with one attached hydrogen (secondary N) is 2. The number of nitrogens with two attached hydrogens (primary N) is 1. The summed E-state index contributed by atoms with van der Waals surface area (Å²) >= 11 is 4.92. The molecule has 5 aliphatic carbocycles. The third kappa shape index (κ3) is 0.836. The molecule has 106 valence electrons. The van der Waals surface area contributed by atoms with E-state index in [1.807, 2.05) is 0 Å². The van der Waals surface area contributed by atoms with Crippen LogP contribution in [0.4, 0.5) is 0 Å². The van der Waals surface area contributed by atoms with E-state index in [9.17, 15) is 0 Å². The Balaban J connectivity index is 1.48. The highest BCUT2D eigenvalue weighted by molar-refractivity contribution is 7.80. The lowest BCUT2D eigenvalue weighted by Crippen LogP contribution is -2.57. The summed E-state index contributed by atoms with van der Waals surface area (Å²) in [5.74, 6) is 4.56. The van der Waals surface area contributed by atoms with E-state index >= 15 is 0 Å². The number of rotatable bonds is 2. The van der Waals surface area contributed by atoms with Crippen molar-refractivity contribution in [2.75, 3.05) is 13.2 Å². The lowest BCUT2D eigenvalue weighted by atomic mass is 9.57. The minimum Gasteiger partial charge on any atom is -0.375 e. The molecule has 20 heavy (non-hydrogen) atoms. The van der Waals surface area contributed by atoms with Gasteiger partial charge in [0.05, 0.1) is 13.2 Å². The first-order chi connectivity index (χ1) is 9.74. The van der Waals surface area contributed by atoms with Gasteiger partial charge in [0.2, 0.25) is 0 Å². The summed E-state index contributed by atoms with van der Waals surface area (Å²) in [5.41, 5.74) is 14.7. The van der Waals surface area contributed by atoms with Crippen LogP contribution in [-0.2, 0) is 9.47 Å². The zero-order chi connectivity index (χ0) is 13.2. The molecule has 2 unspecified atom stereocenters. The van der Waals surface area contributed by atoms with Crippen molar-refractivity contribution in [2.45, 2.75) is 12.2 Å². The van der Waals surface area contributed by atoms with Crippen LogP contribution in [0, 0.1) is 41.4 Å². The Morgan fingerprint density at radius 1 is 1.30 bits per heavy atom. The van der Waals surface area contributed by atoms with Crippen LogP contribution in [0.5, 0.6) is 0 Å². The zero-order valence-corrected chi connectivity index (χ0v) is 11.8. The maximum atomic E-state index is 6.18. The molecule has 2 bridgehead atoms. The van der Waals surface area contributed by atoms with E-state index in [4.69, 9.17) is 27.4 Å². The summed E-state index contributed by atoms with van der Waals surface area (Å²) < 4.78 is 12.4. The van der Waals surface area contributed by atoms with Crippen LogP contribution < -0.4 is 16.6 Å². The van der Waals surface area contributed by atoms with E-state index in [0.29, 0.717) is 22.9 Å². The SMILES string of the molecule is NC(=S)NNC1=C2[C@@H]3CC4C5[C@@H]3[C@@H]1[C@H]5C1(OCCO1)[C@@H]24. The highest BCUT2D eigenvalue weighted by Gasteiger charge is 2.86. The van der Waals surface area contributed by atoms with Gasteiger partial charge < -0.3 is 20.6 Å². The summed E-state index contributed by atoms with van der Waals surface area (Å²) in [6.07, 6.45) is 1.34. The molecule has 5 nitrogen and oxygen atoms in total. The van der Waals surface area contributed by atoms with Crippen molar-refractivity contribution in [3.05, 3.63) is 11.3 Å². The fraction of sp³-hybridized carbons (Fsp3) is 0.786. The molecular weight excluding hydrogens is 274 g/mol. The standard InChI is InChI=1S/C14H17N3O2S/c15-13(20)17-16-12-8-4-3-5-7-6(4)9(12)11(7)14(10(5)8)18-1-2-19-14/h4-7,9-11,16H,1-3H2,(H3,15,17,20)/t4-,5?,6-,7?,9-,10-,11+/m1/s1. The van der Waals surface area contributed by atoms with E-state index in [1.54, 1.807) is 5.57 Å². The van der Waals surface area contributed by atoms with E-state index in [2.05, 4.69) is 10.9 Å². The molecule has 6 aliphatic rings. The Morgan fingerprint density at radius 2 is 2.10 bits per heavy atom. The Kier molecular flexibility index (Phi) is 1.63. The van der Waals surface area contributed by atoms with Crippen LogP contribution in [0.3, 0.4) is 0 Å². The molecule has 4 N–H and O–H groups in total. The van der Waals surface area contributed by atoms with Crippen LogP contribution in [0.25, 0.3) is 0 Å². The van der Waals surface area contributed by atoms with Crippen LogP contribution in [0.15, 0.2) is 11.3 Å². The van der Waals surface area contributed by atoms with Gasteiger partial charge in [0.15, 0.2) is 10.9 Å². The number of thiocarbonyl (C=S) groups is 1. The first-order valence-corrected chi connectivity index (χ1v) is 7.98. The molecule has 0 aromatic rings. The first kappa shape index (κ1) is 10.8. The van der Waals surface area contributed by atoms with Gasteiger partial charge in [-0.25, -0.2) is 0 Å². The van der Waals surface area contributed by atoms with Crippen molar-refractivity contribution in [3.8, 4) is 0 Å². The third-order valence-electron chi connectivity index (χ3n) is 6.91. The lowest BCUT2D eigenvalue weighted by Gasteiger charge is -2.51. The van der Waals surface area contributed by atoms with Gasteiger partial charge in [0.25, 0.3) is 0 Å². The Morgan fingerprint density at radius 3 is 2.85 bits per heavy atom. The third-order valence-corrected chi connectivity index (χ3v) is 7.01.